The first-order valence-electron chi connectivity index (χ1n) is 12.0. The first-order chi connectivity index (χ1) is 17.8. The molecule has 2 aromatic carbocycles. The van der Waals surface area contributed by atoms with E-state index >= 15 is 4.39 Å². The Morgan fingerprint density at radius 2 is 1.85 bits per heavy atom. The summed E-state index contributed by atoms with van der Waals surface area (Å²) in [6.45, 7) is 15.7. The summed E-state index contributed by atoms with van der Waals surface area (Å²) in [7, 11) is -2.20. The number of ether oxygens (including phenoxy) is 1. The minimum absolute atomic E-state index is 0.0398. The molecule has 3 aromatic rings. The smallest absolute Gasteiger partial charge is 0.412 e. The standard InChI is InChI=1S/C27H31ClF2IN3O3SSi/c1-26(2,3)37-25(35)34-24-14(11-32)17-13(9-10-16(29)23(17)38-24)18-19(28)15(21(31)22(33)20(18)30)12-36-39(7,8)27(4,5)6/h9-10H,12,33H2,1-8H3,(H,34,35). The predicted octanol–water partition coefficient (Wildman–Crippen LogP) is 9.43. The Morgan fingerprint density at radius 3 is 2.38 bits per heavy atom. The van der Waals surface area contributed by atoms with Crippen molar-refractivity contribution in [1.82, 2.24) is 0 Å². The molecule has 210 valence electrons. The SMILES string of the molecule is CC(C)(C)OC(=O)Nc1sc2c(F)ccc(-c3c(F)c(N)c(I)c(CO[Si](C)(C)C(C)(C)C)c3Cl)c2c1C#N. The van der Waals surface area contributed by atoms with Crippen LogP contribution in [0.5, 0.6) is 0 Å². The van der Waals surface area contributed by atoms with Crippen molar-refractivity contribution in [2.45, 2.75) is 71.9 Å². The van der Waals surface area contributed by atoms with E-state index < -0.39 is 31.6 Å². The van der Waals surface area contributed by atoms with E-state index in [0.29, 0.717) is 9.13 Å². The van der Waals surface area contributed by atoms with Gasteiger partial charge in [-0.1, -0.05) is 38.4 Å². The number of nitrogens with two attached hydrogens (primary N) is 1. The maximum atomic E-state index is 15.8. The Kier molecular flexibility index (Phi) is 8.99. The van der Waals surface area contributed by atoms with Crippen molar-refractivity contribution in [3.8, 4) is 17.2 Å². The lowest BCUT2D eigenvalue weighted by molar-refractivity contribution is 0.0636. The second kappa shape index (κ2) is 11.1. The number of hydrogen-bond donors (Lipinski definition) is 2. The van der Waals surface area contributed by atoms with E-state index in [1.807, 2.05) is 28.7 Å². The fourth-order valence-electron chi connectivity index (χ4n) is 3.54. The first kappa shape index (κ1) is 31.5. The Hall–Kier alpha value is -1.98. The molecule has 0 aliphatic heterocycles. The summed E-state index contributed by atoms with van der Waals surface area (Å²) in [6, 6.07) is 4.55. The van der Waals surface area contributed by atoms with Gasteiger partial charge in [0.2, 0.25) is 0 Å². The zero-order valence-corrected chi connectivity index (χ0v) is 27.8. The molecule has 0 unspecified atom stereocenters. The molecule has 6 nitrogen and oxygen atoms in total. The summed E-state index contributed by atoms with van der Waals surface area (Å²) in [5.74, 6) is -1.42. The highest BCUT2D eigenvalue weighted by molar-refractivity contribution is 14.1. The molecule has 0 aliphatic carbocycles. The van der Waals surface area contributed by atoms with Crippen molar-refractivity contribution >= 4 is 80.7 Å². The van der Waals surface area contributed by atoms with Gasteiger partial charge in [0.05, 0.1) is 27.6 Å². The van der Waals surface area contributed by atoms with E-state index in [1.54, 1.807) is 20.8 Å². The van der Waals surface area contributed by atoms with E-state index in [1.165, 1.54) is 12.1 Å². The summed E-state index contributed by atoms with van der Waals surface area (Å²) in [6.07, 6.45) is -0.805. The van der Waals surface area contributed by atoms with Crippen molar-refractivity contribution in [2.75, 3.05) is 11.1 Å². The van der Waals surface area contributed by atoms with Gasteiger partial charge in [-0.3, -0.25) is 5.32 Å². The number of halogens is 4. The number of thiophene rings is 1. The van der Waals surface area contributed by atoms with E-state index in [2.05, 4.69) is 39.2 Å². The largest absolute Gasteiger partial charge is 0.444 e. The molecule has 0 bridgehead atoms. The fraction of sp³-hybridized carbons (Fsp3) is 0.407. The summed E-state index contributed by atoms with van der Waals surface area (Å²) >= 11 is 9.64. The minimum Gasteiger partial charge on any atom is -0.444 e. The van der Waals surface area contributed by atoms with Gasteiger partial charge in [-0.05, 0) is 73.1 Å². The fourth-order valence-corrected chi connectivity index (χ4v) is 6.70. The summed E-state index contributed by atoms with van der Waals surface area (Å²) < 4.78 is 42.9. The molecular formula is C27H31ClF2IN3O3SSi. The molecule has 1 aromatic heterocycles. The molecule has 0 saturated carbocycles. The van der Waals surface area contributed by atoms with Gasteiger partial charge in [0.1, 0.15) is 22.5 Å². The highest BCUT2D eigenvalue weighted by Gasteiger charge is 2.38. The van der Waals surface area contributed by atoms with Crippen LogP contribution in [0.25, 0.3) is 21.2 Å². The van der Waals surface area contributed by atoms with Crippen LogP contribution in [-0.4, -0.2) is 20.0 Å². The van der Waals surface area contributed by atoms with Gasteiger partial charge in [0.15, 0.2) is 14.1 Å². The van der Waals surface area contributed by atoms with E-state index in [-0.39, 0.29) is 54.1 Å². The van der Waals surface area contributed by atoms with E-state index in [9.17, 15) is 14.4 Å². The highest BCUT2D eigenvalue weighted by Crippen LogP contribution is 2.48. The zero-order valence-electron chi connectivity index (χ0n) is 23.0. The van der Waals surface area contributed by atoms with Gasteiger partial charge >= 0.3 is 6.09 Å². The number of amides is 1. The third-order valence-electron chi connectivity index (χ3n) is 6.61. The molecule has 3 N–H and O–H groups in total. The molecule has 0 radical (unpaired) electrons. The highest BCUT2D eigenvalue weighted by atomic mass is 127. The predicted molar refractivity (Wildman–Crippen MR) is 166 cm³/mol. The second-order valence-corrected chi connectivity index (χ2v) is 18.9. The van der Waals surface area contributed by atoms with Crippen LogP contribution >= 0.6 is 45.5 Å². The number of nitriles is 1. The van der Waals surface area contributed by atoms with E-state index in [4.69, 9.17) is 26.5 Å². The van der Waals surface area contributed by atoms with Crippen molar-refractivity contribution in [1.29, 1.82) is 5.26 Å². The third kappa shape index (κ3) is 6.35. The Labute approximate surface area is 251 Å². The normalized spacial score (nSPS) is 12.5. The van der Waals surface area contributed by atoms with Crippen LogP contribution in [0.4, 0.5) is 24.3 Å². The van der Waals surface area contributed by atoms with Crippen molar-refractivity contribution in [3.63, 3.8) is 0 Å². The number of benzene rings is 2. The number of nitrogen functional groups attached to an aromatic ring is 1. The lowest BCUT2D eigenvalue weighted by atomic mass is 9.96. The quantitative estimate of drug-likeness (QED) is 0.157. The number of carbonyl (C=O) groups is 1. The van der Waals surface area contributed by atoms with Crippen LogP contribution in [0.1, 0.15) is 52.7 Å². The molecule has 12 heteroatoms. The van der Waals surface area contributed by atoms with Gasteiger partial charge in [-0.25, -0.2) is 13.6 Å². The Morgan fingerprint density at radius 1 is 1.23 bits per heavy atom. The second-order valence-electron chi connectivity index (χ2n) is 11.6. The van der Waals surface area contributed by atoms with Crippen LogP contribution in [0.15, 0.2) is 12.1 Å². The molecule has 3 rings (SSSR count). The van der Waals surface area contributed by atoms with Crippen molar-refractivity contribution in [3.05, 3.63) is 43.5 Å². The van der Waals surface area contributed by atoms with Crippen LogP contribution < -0.4 is 11.1 Å². The first-order valence-corrected chi connectivity index (χ1v) is 17.2. The van der Waals surface area contributed by atoms with Gasteiger partial charge in [-0.15, -0.1) is 11.3 Å². The van der Waals surface area contributed by atoms with Crippen molar-refractivity contribution in [2.24, 2.45) is 0 Å². The lowest BCUT2D eigenvalue weighted by Crippen LogP contribution is -2.40. The summed E-state index contributed by atoms with van der Waals surface area (Å²) in [5.41, 5.74) is 5.86. The van der Waals surface area contributed by atoms with Crippen LogP contribution in [0, 0.1) is 26.5 Å². The average molecular weight is 706 g/mol. The van der Waals surface area contributed by atoms with Crippen molar-refractivity contribution < 1.29 is 22.7 Å². The molecular weight excluding hydrogens is 675 g/mol. The average Bonchev–Trinajstić information content (AvgIpc) is 3.15. The zero-order chi connectivity index (χ0) is 29.7. The molecule has 0 spiro atoms. The van der Waals surface area contributed by atoms with Crippen LogP contribution in [-0.2, 0) is 15.8 Å². The third-order valence-corrected chi connectivity index (χ3v) is 13.9. The van der Waals surface area contributed by atoms with Crippen LogP contribution in [0.2, 0.25) is 23.2 Å². The molecule has 0 atom stereocenters. The number of hydrogen-bond acceptors (Lipinski definition) is 6. The number of fused-ring (bicyclic) bond motifs is 1. The molecule has 39 heavy (non-hydrogen) atoms. The Bertz CT molecular complexity index is 1510. The molecule has 0 aliphatic rings. The van der Waals surface area contributed by atoms with Gasteiger partial charge < -0.3 is 14.9 Å². The van der Waals surface area contributed by atoms with Gasteiger partial charge in [-0.2, -0.15) is 5.26 Å². The van der Waals surface area contributed by atoms with Crippen LogP contribution in [0.3, 0.4) is 0 Å². The maximum Gasteiger partial charge on any atom is 0.412 e. The summed E-state index contributed by atoms with van der Waals surface area (Å²) in [5, 5.41) is 12.7. The molecule has 1 amide bonds. The summed E-state index contributed by atoms with van der Waals surface area (Å²) in [4.78, 5) is 12.4. The number of nitrogens with zero attached hydrogens (tertiary/aromatic N) is 1. The Balaban J connectivity index is 2.25. The number of nitrogens with one attached hydrogen (secondary N) is 1. The number of anilines is 2. The number of carbonyl (C=O) groups excluding carboxylic acids is 1. The monoisotopic (exact) mass is 705 g/mol. The van der Waals surface area contributed by atoms with Gasteiger partial charge in [0.25, 0.3) is 0 Å². The maximum absolute atomic E-state index is 15.8. The number of rotatable bonds is 5. The molecule has 1 heterocycles. The van der Waals surface area contributed by atoms with E-state index in [0.717, 1.165) is 11.3 Å². The minimum atomic E-state index is -2.20. The lowest BCUT2D eigenvalue weighted by Gasteiger charge is -2.36. The van der Waals surface area contributed by atoms with Gasteiger partial charge in [0, 0.05) is 20.1 Å². The topological polar surface area (TPSA) is 97.4 Å². The molecule has 0 saturated heterocycles. The molecule has 0 fully saturated rings.